The van der Waals surface area contributed by atoms with E-state index in [0.29, 0.717) is 29.3 Å². The minimum atomic E-state index is -0.680. The highest BCUT2D eigenvalue weighted by molar-refractivity contribution is 6.34. The van der Waals surface area contributed by atoms with Gasteiger partial charge in [0.05, 0.1) is 35.6 Å². The van der Waals surface area contributed by atoms with Gasteiger partial charge in [-0.3, -0.25) is 14.5 Å². The molecule has 1 saturated carbocycles. The van der Waals surface area contributed by atoms with Crippen molar-refractivity contribution in [3.05, 3.63) is 113 Å². The van der Waals surface area contributed by atoms with Gasteiger partial charge >= 0.3 is 0 Å². The number of ether oxygens (including phenoxy) is 2. The van der Waals surface area contributed by atoms with Crippen LogP contribution in [-0.2, 0) is 16.1 Å². The second kappa shape index (κ2) is 12.1. The lowest BCUT2D eigenvalue weighted by Crippen LogP contribution is -2.43. The van der Waals surface area contributed by atoms with Gasteiger partial charge in [-0.15, -0.1) is 6.58 Å². The fraction of sp³-hybridized carbons (Fsp3) is 0.353. The van der Waals surface area contributed by atoms with Crippen LogP contribution < -0.4 is 4.90 Å². The molecule has 7 nitrogen and oxygen atoms in total. The van der Waals surface area contributed by atoms with Crippen LogP contribution in [0, 0.1) is 0 Å². The van der Waals surface area contributed by atoms with E-state index in [9.17, 15) is 14.7 Å². The predicted octanol–water partition coefficient (Wildman–Crippen LogP) is 5.96. The molecule has 7 heteroatoms. The molecule has 3 atom stereocenters. The first-order valence-corrected chi connectivity index (χ1v) is 14.5. The molecule has 0 bridgehead atoms. The maximum Gasteiger partial charge on any atom is 0.266 e. The van der Waals surface area contributed by atoms with Gasteiger partial charge in [0.25, 0.3) is 11.8 Å². The summed E-state index contributed by atoms with van der Waals surface area (Å²) in [6.45, 7) is 5.55. The monoisotopic (exact) mass is 552 g/mol. The third kappa shape index (κ3) is 5.63. The summed E-state index contributed by atoms with van der Waals surface area (Å²) in [5, 5.41) is 9.52. The van der Waals surface area contributed by atoms with Crippen LogP contribution >= 0.6 is 0 Å². The molecule has 6 rings (SSSR count). The number of nitrogens with zero attached hydrogens (tertiary/aromatic N) is 2. The van der Waals surface area contributed by atoms with E-state index in [0.717, 1.165) is 29.8 Å². The molecule has 212 valence electrons. The maximum atomic E-state index is 13.2. The summed E-state index contributed by atoms with van der Waals surface area (Å²) >= 11 is 0. The third-order valence-corrected chi connectivity index (χ3v) is 8.45. The summed E-state index contributed by atoms with van der Waals surface area (Å²) in [5.41, 5.74) is 3.93. The zero-order valence-corrected chi connectivity index (χ0v) is 23.2. The minimum Gasteiger partial charge on any atom is -0.392 e. The first-order chi connectivity index (χ1) is 20.1. The first kappa shape index (κ1) is 27.5. The molecule has 3 aromatic rings. The summed E-state index contributed by atoms with van der Waals surface area (Å²) < 4.78 is 13.2. The molecular formula is C34H36N2O5. The van der Waals surface area contributed by atoms with Gasteiger partial charge in [-0.05, 0) is 48.2 Å². The summed E-state index contributed by atoms with van der Waals surface area (Å²) in [6.07, 6.45) is 6.53. The molecule has 0 unspecified atom stereocenters. The Bertz CT molecular complexity index is 1380. The van der Waals surface area contributed by atoms with Crippen molar-refractivity contribution >= 4 is 17.5 Å². The van der Waals surface area contributed by atoms with Gasteiger partial charge in [-0.1, -0.05) is 67.4 Å². The number of hydrogen-bond acceptors (Lipinski definition) is 6. The maximum absolute atomic E-state index is 13.2. The molecule has 0 radical (unpaired) electrons. The average Bonchev–Trinajstić information content (AvgIpc) is 3.64. The quantitative estimate of drug-likeness (QED) is 0.261. The molecule has 2 fully saturated rings. The molecule has 0 aromatic heterocycles. The normalized spacial score (nSPS) is 22.9. The number of amides is 2. The van der Waals surface area contributed by atoms with E-state index in [2.05, 4.69) is 11.5 Å². The molecule has 2 amide bonds. The van der Waals surface area contributed by atoms with Crippen LogP contribution in [0.15, 0.2) is 85.5 Å². The van der Waals surface area contributed by atoms with Crippen LogP contribution in [-0.4, -0.2) is 47.1 Å². The van der Waals surface area contributed by atoms with Gasteiger partial charge in [0.1, 0.15) is 0 Å². The van der Waals surface area contributed by atoms with Crippen molar-refractivity contribution in [1.82, 2.24) is 4.90 Å². The zero-order chi connectivity index (χ0) is 28.3. The van der Waals surface area contributed by atoms with Gasteiger partial charge in [0.2, 0.25) is 0 Å². The van der Waals surface area contributed by atoms with Gasteiger partial charge < -0.3 is 14.6 Å². The van der Waals surface area contributed by atoms with Crippen LogP contribution in [0.25, 0.3) is 0 Å². The molecule has 3 aromatic carbocycles. The molecule has 3 aliphatic rings. The molecule has 1 saturated heterocycles. The smallest absolute Gasteiger partial charge is 0.266 e. The largest absolute Gasteiger partial charge is 0.392 e. The fourth-order valence-electron chi connectivity index (χ4n) is 6.34. The molecule has 1 N–H and O–H groups in total. The SMILES string of the molecule is C=CCN(C[C@H]1C[C@@H](c2ccc(CO)cc2)O[C@@H](c2cccc(N3C(=O)c4ccccc4C3=O)c2)O1)C1CCCC1. The minimum absolute atomic E-state index is 0.0112. The zero-order valence-electron chi connectivity index (χ0n) is 23.2. The molecule has 1 aliphatic carbocycles. The fourth-order valence-corrected chi connectivity index (χ4v) is 6.34. The lowest BCUT2D eigenvalue weighted by molar-refractivity contribution is -0.253. The molecule has 2 aliphatic heterocycles. The number of anilines is 1. The van der Waals surface area contributed by atoms with E-state index in [1.165, 1.54) is 30.6 Å². The van der Waals surface area contributed by atoms with E-state index in [1.54, 1.807) is 30.3 Å². The number of carbonyl (C=O) groups is 2. The van der Waals surface area contributed by atoms with Crippen LogP contribution in [0.3, 0.4) is 0 Å². The highest BCUT2D eigenvalue weighted by Crippen LogP contribution is 2.40. The van der Waals surface area contributed by atoms with Crippen LogP contribution in [0.2, 0.25) is 0 Å². The van der Waals surface area contributed by atoms with Gasteiger partial charge in [-0.2, -0.15) is 0 Å². The van der Waals surface area contributed by atoms with E-state index in [1.807, 2.05) is 48.5 Å². The van der Waals surface area contributed by atoms with Crippen molar-refractivity contribution in [2.24, 2.45) is 0 Å². The Hall–Kier alpha value is -3.62. The van der Waals surface area contributed by atoms with Crippen LogP contribution in [0.4, 0.5) is 5.69 Å². The number of carbonyl (C=O) groups excluding carboxylic acids is 2. The first-order valence-electron chi connectivity index (χ1n) is 14.5. The molecule has 2 heterocycles. The van der Waals surface area contributed by atoms with E-state index in [4.69, 9.17) is 9.47 Å². The molecular weight excluding hydrogens is 516 g/mol. The Balaban J connectivity index is 1.28. The number of aliphatic hydroxyl groups excluding tert-OH is 1. The predicted molar refractivity (Wildman–Crippen MR) is 156 cm³/mol. The van der Waals surface area contributed by atoms with E-state index in [-0.39, 0.29) is 30.6 Å². The third-order valence-electron chi connectivity index (χ3n) is 8.45. The van der Waals surface area contributed by atoms with Crippen molar-refractivity contribution in [1.29, 1.82) is 0 Å². The van der Waals surface area contributed by atoms with Gasteiger partial charge in [0.15, 0.2) is 6.29 Å². The number of rotatable bonds is 9. The molecule has 0 spiro atoms. The van der Waals surface area contributed by atoms with E-state index >= 15 is 0 Å². The Morgan fingerprint density at radius 3 is 2.27 bits per heavy atom. The van der Waals surface area contributed by atoms with Crippen molar-refractivity contribution < 1.29 is 24.2 Å². The van der Waals surface area contributed by atoms with Crippen LogP contribution in [0.1, 0.15) is 81.9 Å². The number of benzene rings is 3. The highest BCUT2D eigenvalue weighted by atomic mass is 16.7. The average molecular weight is 553 g/mol. The van der Waals surface area contributed by atoms with Crippen molar-refractivity contribution in [3.63, 3.8) is 0 Å². The summed E-state index contributed by atoms with van der Waals surface area (Å²) in [5.74, 6) is -0.658. The topological polar surface area (TPSA) is 79.3 Å². The number of aliphatic hydroxyl groups is 1. The number of imide groups is 1. The molecule has 41 heavy (non-hydrogen) atoms. The van der Waals surface area contributed by atoms with Crippen molar-refractivity contribution in [2.75, 3.05) is 18.0 Å². The van der Waals surface area contributed by atoms with Crippen molar-refractivity contribution in [3.8, 4) is 0 Å². The standard InChI is InChI=1S/C34H36N2O5/c1-2-18-35(26-9-3-4-10-26)21-28-20-31(24-16-14-23(22-37)15-17-24)41-34(40-28)25-8-7-11-27(19-25)36-32(38)29-12-5-6-13-30(29)33(36)39/h2,5-8,11-17,19,26,28,31,34,37H,1,3-4,9-10,18,20-22H2/t28-,31+,34+/m1/s1. The van der Waals surface area contributed by atoms with Gasteiger partial charge in [-0.25, -0.2) is 4.90 Å². The second-order valence-corrected chi connectivity index (χ2v) is 11.1. The lowest BCUT2D eigenvalue weighted by Gasteiger charge is -2.39. The Morgan fingerprint density at radius 1 is 0.902 bits per heavy atom. The Morgan fingerprint density at radius 2 is 1.61 bits per heavy atom. The number of fused-ring (bicyclic) bond motifs is 1. The van der Waals surface area contributed by atoms with Crippen molar-refractivity contribution in [2.45, 2.75) is 63.3 Å². The van der Waals surface area contributed by atoms with Gasteiger partial charge in [0, 0.05) is 31.1 Å². The van der Waals surface area contributed by atoms with E-state index < -0.39 is 6.29 Å². The second-order valence-electron chi connectivity index (χ2n) is 11.1. The lowest BCUT2D eigenvalue weighted by atomic mass is 9.99. The Labute approximate surface area is 241 Å². The summed E-state index contributed by atoms with van der Waals surface area (Å²) in [4.78, 5) is 30.0. The van der Waals surface area contributed by atoms with Crippen LogP contribution in [0.5, 0.6) is 0 Å². The highest BCUT2D eigenvalue weighted by Gasteiger charge is 2.38. The summed E-state index contributed by atoms with van der Waals surface area (Å²) in [7, 11) is 0. The number of hydrogen-bond donors (Lipinski definition) is 1. The Kier molecular flexibility index (Phi) is 8.12. The summed E-state index contributed by atoms with van der Waals surface area (Å²) in [6, 6.07) is 22.6.